The zero-order chi connectivity index (χ0) is 15.5. The van der Waals surface area contributed by atoms with E-state index in [0.29, 0.717) is 18.0 Å². The molecule has 0 amide bonds. The molecule has 0 aromatic heterocycles. The lowest BCUT2D eigenvalue weighted by Gasteiger charge is -2.45. The van der Waals surface area contributed by atoms with Crippen LogP contribution in [0.25, 0.3) is 0 Å². The van der Waals surface area contributed by atoms with Crippen molar-refractivity contribution < 1.29 is 29.9 Å². The molecule has 0 unspecified atom stereocenters. The quantitative estimate of drug-likeness (QED) is 0.489. The topological polar surface area (TPSA) is 111 Å². The summed E-state index contributed by atoms with van der Waals surface area (Å²) in [5.41, 5.74) is -0.985. The highest BCUT2D eigenvalue weighted by molar-refractivity contribution is 5.48. The van der Waals surface area contributed by atoms with Gasteiger partial charge in [0.15, 0.2) is 5.72 Å². The van der Waals surface area contributed by atoms with Gasteiger partial charge in [0.25, 0.3) is 0 Å². The molecule has 21 heavy (non-hydrogen) atoms. The van der Waals surface area contributed by atoms with E-state index in [1.807, 2.05) is 6.92 Å². The molecule has 0 spiro atoms. The third kappa shape index (κ3) is 3.28. The van der Waals surface area contributed by atoms with Crippen LogP contribution in [0.1, 0.15) is 6.92 Å². The number of nitrogens with one attached hydrogen (secondary N) is 1. The molecule has 1 fully saturated rings. The van der Waals surface area contributed by atoms with Crippen LogP contribution in [-0.2, 0) is 4.74 Å². The van der Waals surface area contributed by atoms with Crippen molar-refractivity contribution in [3.63, 3.8) is 0 Å². The largest absolute Gasteiger partial charge is 0.494 e. The van der Waals surface area contributed by atoms with Crippen LogP contribution in [0.3, 0.4) is 0 Å². The number of hydrogen-bond acceptors (Lipinski definition) is 7. The molecule has 7 heteroatoms. The smallest absolute Gasteiger partial charge is 0.190 e. The first-order valence-corrected chi connectivity index (χ1v) is 6.82. The summed E-state index contributed by atoms with van der Waals surface area (Å²) in [6.45, 7) is 1.68. The van der Waals surface area contributed by atoms with Crippen molar-refractivity contribution in [2.24, 2.45) is 0 Å². The third-order valence-corrected chi connectivity index (χ3v) is 3.46. The molecule has 2 rings (SSSR count). The van der Waals surface area contributed by atoms with Crippen molar-refractivity contribution in [1.82, 2.24) is 0 Å². The molecule has 0 radical (unpaired) electrons. The molecule has 1 aliphatic rings. The standard InChI is InChI=1S/C14H21NO6/c1-2-20-10-5-3-9(4-6-10)15-14(8-16)13(19)12(18)11(17)7-21-14/h3-6,11-13,15-19H,2,7-8H2,1H3/t11-,12-,13-,14-/m1/s1. The summed E-state index contributed by atoms with van der Waals surface area (Å²) in [6.07, 6.45) is -4.07. The van der Waals surface area contributed by atoms with Gasteiger partial charge in [0.2, 0.25) is 0 Å². The zero-order valence-electron chi connectivity index (χ0n) is 11.8. The Morgan fingerprint density at radius 2 is 1.95 bits per heavy atom. The van der Waals surface area contributed by atoms with Gasteiger partial charge in [-0.3, -0.25) is 0 Å². The predicted octanol–water partition coefficient (Wildman–Crippen LogP) is -0.701. The second-order valence-electron chi connectivity index (χ2n) is 4.94. The molecule has 0 bridgehead atoms. The fraction of sp³-hybridized carbons (Fsp3) is 0.571. The summed E-state index contributed by atoms with van der Waals surface area (Å²) in [7, 11) is 0. The summed E-state index contributed by atoms with van der Waals surface area (Å²) in [5, 5.41) is 41.7. The number of ether oxygens (including phenoxy) is 2. The lowest BCUT2D eigenvalue weighted by molar-refractivity contribution is -0.235. The van der Waals surface area contributed by atoms with Gasteiger partial charge in [0, 0.05) is 5.69 Å². The Labute approximate surface area is 122 Å². The van der Waals surface area contributed by atoms with Crippen molar-refractivity contribution in [3.8, 4) is 5.75 Å². The molecule has 4 atom stereocenters. The summed E-state index contributed by atoms with van der Waals surface area (Å²) in [4.78, 5) is 0. The van der Waals surface area contributed by atoms with Gasteiger partial charge in [-0.15, -0.1) is 0 Å². The maximum Gasteiger partial charge on any atom is 0.190 e. The monoisotopic (exact) mass is 299 g/mol. The average molecular weight is 299 g/mol. The lowest BCUT2D eigenvalue weighted by Crippen LogP contribution is -2.66. The molecular weight excluding hydrogens is 278 g/mol. The Balaban J connectivity index is 2.14. The van der Waals surface area contributed by atoms with Crippen LogP contribution < -0.4 is 10.1 Å². The van der Waals surface area contributed by atoms with Crippen molar-refractivity contribution >= 4 is 5.69 Å². The maximum absolute atomic E-state index is 10.1. The number of rotatable bonds is 5. The van der Waals surface area contributed by atoms with E-state index in [1.54, 1.807) is 24.3 Å². The fourth-order valence-corrected chi connectivity index (χ4v) is 2.24. The van der Waals surface area contributed by atoms with Crippen LogP contribution in [-0.4, -0.2) is 64.3 Å². The number of hydrogen-bond donors (Lipinski definition) is 5. The normalized spacial score (nSPS) is 32.7. The van der Waals surface area contributed by atoms with E-state index in [2.05, 4.69) is 5.32 Å². The van der Waals surface area contributed by atoms with Crippen molar-refractivity contribution in [2.45, 2.75) is 31.0 Å². The van der Waals surface area contributed by atoms with Crippen molar-refractivity contribution in [1.29, 1.82) is 0 Å². The Kier molecular flexibility index (Phi) is 5.02. The molecule has 1 aromatic carbocycles. The minimum atomic E-state index is -1.56. The molecule has 0 aliphatic carbocycles. The molecule has 1 heterocycles. The highest BCUT2D eigenvalue weighted by Gasteiger charge is 2.49. The van der Waals surface area contributed by atoms with Crippen LogP contribution in [0.15, 0.2) is 24.3 Å². The zero-order valence-corrected chi connectivity index (χ0v) is 11.8. The molecule has 1 aliphatic heterocycles. The predicted molar refractivity (Wildman–Crippen MR) is 75.0 cm³/mol. The summed E-state index contributed by atoms with van der Waals surface area (Å²) in [5.74, 6) is 0.696. The number of anilines is 1. The number of aliphatic hydroxyl groups excluding tert-OH is 4. The van der Waals surface area contributed by atoms with E-state index in [1.165, 1.54) is 0 Å². The van der Waals surface area contributed by atoms with Gasteiger partial charge < -0.3 is 35.2 Å². The van der Waals surface area contributed by atoms with Gasteiger partial charge in [-0.05, 0) is 31.2 Å². The first kappa shape index (κ1) is 16.0. The van der Waals surface area contributed by atoms with Crippen LogP contribution in [0.4, 0.5) is 5.69 Å². The fourth-order valence-electron chi connectivity index (χ4n) is 2.24. The second-order valence-corrected chi connectivity index (χ2v) is 4.94. The minimum Gasteiger partial charge on any atom is -0.494 e. The van der Waals surface area contributed by atoms with E-state index < -0.39 is 30.6 Å². The summed E-state index contributed by atoms with van der Waals surface area (Å²) in [6, 6.07) is 6.88. The highest BCUT2D eigenvalue weighted by Crippen LogP contribution is 2.28. The van der Waals surface area contributed by atoms with E-state index in [-0.39, 0.29) is 6.61 Å². The molecule has 1 saturated heterocycles. The summed E-state index contributed by atoms with van der Waals surface area (Å²) < 4.78 is 10.7. The van der Waals surface area contributed by atoms with Gasteiger partial charge in [-0.1, -0.05) is 0 Å². The Morgan fingerprint density at radius 3 is 2.52 bits per heavy atom. The maximum atomic E-state index is 10.1. The Morgan fingerprint density at radius 1 is 1.29 bits per heavy atom. The number of aliphatic hydroxyl groups is 4. The van der Waals surface area contributed by atoms with Gasteiger partial charge >= 0.3 is 0 Å². The van der Waals surface area contributed by atoms with E-state index in [9.17, 15) is 20.4 Å². The van der Waals surface area contributed by atoms with Crippen molar-refractivity contribution in [3.05, 3.63) is 24.3 Å². The third-order valence-electron chi connectivity index (χ3n) is 3.46. The molecule has 5 N–H and O–H groups in total. The van der Waals surface area contributed by atoms with Crippen LogP contribution in [0.5, 0.6) is 5.75 Å². The van der Waals surface area contributed by atoms with Crippen LogP contribution >= 0.6 is 0 Å². The van der Waals surface area contributed by atoms with Crippen LogP contribution in [0, 0.1) is 0 Å². The number of benzene rings is 1. The van der Waals surface area contributed by atoms with Gasteiger partial charge in [-0.2, -0.15) is 0 Å². The van der Waals surface area contributed by atoms with Crippen molar-refractivity contribution in [2.75, 3.05) is 25.1 Å². The van der Waals surface area contributed by atoms with Gasteiger partial charge in [0.05, 0.1) is 19.8 Å². The highest BCUT2D eigenvalue weighted by atomic mass is 16.6. The minimum absolute atomic E-state index is 0.192. The molecule has 118 valence electrons. The van der Waals surface area contributed by atoms with Gasteiger partial charge in [-0.25, -0.2) is 0 Å². The lowest BCUT2D eigenvalue weighted by atomic mass is 9.94. The van der Waals surface area contributed by atoms with Crippen LogP contribution in [0.2, 0.25) is 0 Å². The van der Waals surface area contributed by atoms with E-state index in [0.717, 1.165) is 0 Å². The first-order valence-electron chi connectivity index (χ1n) is 6.82. The van der Waals surface area contributed by atoms with Gasteiger partial charge in [0.1, 0.15) is 24.1 Å². The Hall–Kier alpha value is -1.38. The molecular formula is C14H21NO6. The van der Waals surface area contributed by atoms with E-state index >= 15 is 0 Å². The molecule has 1 aromatic rings. The Bertz CT molecular complexity index is 453. The SMILES string of the molecule is CCOc1ccc(N[C@]2(CO)OC[C@@H](O)[C@@H](O)[C@H]2O)cc1. The molecule has 0 saturated carbocycles. The average Bonchev–Trinajstić information content (AvgIpc) is 2.50. The second kappa shape index (κ2) is 6.59. The van der Waals surface area contributed by atoms with E-state index in [4.69, 9.17) is 9.47 Å². The summed E-state index contributed by atoms with van der Waals surface area (Å²) >= 11 is 0. The first-order chi connectivity index (χ1) is 10.0. The molecule has 7 nitrogen and oxygen atoms in total.